The van der Waals surface area contributed by atoms with Gasteiger partial charge in [0.25, 0.3) is 0 Å². The Morgan fingerprint density at radius 1 is 0.960 bits per heavy atom. The molecule has 7 heteroatoms. The Balaban J connectivity index is 1.98. The number of carbonyl (C=O) groups is 2. The molecule has 2 rings (SSSR count). The molecule has 25 heavy (non-hydrogen) atoms. The third kappa shape index (κ3) is 4.96. The Bertz CT molecular complexity index is 618. The minimum Gasteiger partial charge on any atom is -0.352 e. The lowest BCUT2D eigenvalue weighted by Gasteiger charge is -2.28. The summed E-state index contributed by atoms with van der Waals surface area (Å²) in [5, 5.41) is 5.42. The smallest absolute Gasteiger partial charge is 0.352 e. The van der Waals surface area contributed by atoms with E-state index in [-0.39, 0.29) is 17.6 Å². The highest BCUT2D eigenvalue weighted by molar-refractivity contribution is 6.09. The van der Waals surface area contributed by atoms with E-state index in [1.807, 2.05) is 0 Å². The van der Waals surface area contributed by atoms with Crippen LogP contribution < -0.4 is 10.6 Å². The SMILES string of the molecule is CC(C)(C(=O)Nc1ccc(C(F)(F)F)cc1)C(=O)NC1CCCCC1. The maximum Gasteiger partial charge on any atom is 0.416 e. The number of amides is 2. The van der Waals surface area contributed by atoms with Crippen molar-refractivity contribution in [2.75, 3.05) is 5.32 Å². The first-order valence-electron chi connectivity index (χ1n) is 8.40. The van der Waals surface area contributed by atoms with Crippen molar-refractivity contribution in [2.45, 2.75) is 58.2 Å². The van der Waals surface area contributed by atoms with Crippen LogP contribution in [0.3, 0.4) is 0 Å². The molecule has 1 aromatic carbocycles. The van der Waals surface area contributed by atoms with Crippen LogP contribution in [-0.4, -0.2) is 17.9 Å². The highest BCUT2D eigenvalue weighted by Gasteiger charge is 2.37. The lowest BCUT2D eigenvalue weighted by Crippen LogP contribution is -2.49. The molecule has 0 atom stereocenters. The number of rotatable bonds is 4. The van der Waals surface area contributed by atoms with Crippen molar-refractivity contribution in [1.29, 1.82) is 0 Å². The molecule has 4 nitrogen and oxygen atoms in total. The summed E-state index contributed by atoms with van der Waals surface area (Å²) in [6.07, 6.45) is 0.656. The summed E-state index contributed by atoms with van der Waals surface area (Å²) < 4.78 is 37.7. The molecule has 2 amide bonds. The van der Waals surface area contributed by atoms with E-state index < -0.39 is 23.1 Å². The van der Waals surface area contributed by atoms with Gasteiger partial charge in [-0.15, -0.1) is 0 Å². The van der Waals surface area contributed by atoms with Gasteiger partial charge in [-0.2, -0.15) is 13.2 Å². The van der Waals surface area contributed by atoms with Crippen molar-refractivity contribution in [1.82, 2.24) is 5.32 Å². The van der Waals surface area contributed by atoms with Gasteiger partial charge in [0.1, 0.15) is 5.41 Å². The highest BCUT2D eigenvalue weighted by Crippen LogP contribution is 2.30. The predicted octanol–water partition coefficient (Wildman–Crippen LogP) is 4.12. The average Bonchev–Trinajstić information content (AvgIpc) is 2.55. The quantitative estimate of drug-likeness (QED) is 0.798. The summed E-state index contributed by atoms with van der Waals surface area (Å²) in [7, 11) is 0. The lowest BCUT2D eigenvalue weighted by molar-refractivity contribution is -0.139. The number of alkyl halides is 3. The van der Waals surface area contributed by atoms with Crippen LogP contribution in [0.5, 0.6) is 0 Å². The second-order valence-electron chi connectivity index (χ2n) is 6.96. The normalized spacial score (nSPS) is 16.4. The van der Waals surface area contributed by atoms with Gasteiger partial charge >= 0.3 is 6.18 Å². The van der Waals surface area contributed by atoms with Crippen LogP contribution in [0.1, 0.15) is 51.5 Å². The minimum atomic E-state index is -4.43. The van der Waals surface area contributed by atoms with E-state index >= 15 is 0 Å². The molecular weight excluding hydrogens is 333 g/mol. The fourth-order valence-electron chi connectivity index (χ4n) is 2.75. The molecule has 138 valence electrons. The Kier molecular flexibility index (Phi) is 5.75. The molecule has 1 aliphatic carbocycles. The Hall–Kier alpha value is -2.05. The van der Waals surface area contributed by atoms with Gasteiger partial charge in [0.15, 0.2) is 0 Å². The summed E-state index contributed by atoms with van der Waals surface area (Å²) in [6.45, 7) is 3.01. The summed E-state index contributed by atoms with van der Waals surface area (Å²) in [6, 6.07) is 4.22. The Labute approximate surface area is 145 Å². The lowest BCUT2D eigenvalue weighted by atomic mass is 9.88. The van der Waals surface area contributed by atoms with Gasteiger partial charge in [-0.1, -0.05) is 19.3 Å². The van der Waals surface area contributed by atoms with Crippen LogP contribution in [0.15, 0.2) is 24.3 Å². The van der Waals surface area contributed by atoms with E-state index in [0.717, 1.165) is 44.2 Å². The van der Waals surface area contributed by atoms with Gasteiger partial charge in [-0.25, -0.2) is 0 Å². The van der Waals surface area contributed by atoms with Crippen LogP contribution in [0.2, 0.25) is 0 Å². The van der Waals surface area contributed by atoms with Crippen LogP contribution in [0.25, 0.3) is 0 Å². The molecule has 1 aliphatic rings. The van der Waals surface area contributed by atoms with Gasteiger partial charge in [0.05, 0.1) is 5.56 Å². The van der Waals surface area contributed by atoms with E-state index in [1.165, 1.54) is 26.0 Å². The van der Waals surface area contributed by atoms with Crippen LogP contribution in [0.4, 0.5) is 18.9 Å². The number of benzene rings is 1. The third-order valence-corrected chi connectivity index (χ3v) is 4.55. The molecule has 0 aromatic heterocycles. The van der Waals surface area contributed by atoms with Crippen molar-refractivity contribution in [2.24, 2.45) is 5.41 Å². The number of hydrogen-bond acceptors (Lipinski definition) is 2. The van der Waals surface area contributed by atoms with E-state index in [0.29, 0.717) is 0 Å². The van der Waals surface area contributed by atoms with Crippen LogP contribution >= 0.6 is 0 Å². The fraction of sp³-hybridized carbons (Fsp3) is 0.556. The number of anilines is 1. The molecule has 1 fully saturated rings. The molecule has 0 saturated heterocycles. The van der Waals surface area contributed by atoms with E-state index in [2.05, 4.69) is 10.6 Å². The highest BCUT2D eigenvalue weighted by atomic mass is 19.4. The van der Waals surface area contributed by atoms with Crippen LogP contribution in [0, 0.1) is 5.41 Å². The van der Waals surface area contributed by atoms with Gasteiger partial charge in [-0.05, 0) is 51.0 Å². The van der Waals surface area contributed by atoms with Crippen molar-refractivity contribution < 1.29 is 22.8 Å². The number of carbonyl (C=O) groups excluding carboxylic acids is 2. The number of hydrogen-bond donors (Lipinski definition) is 2. The van der Waals surface area contributed by atoms with Crippen molar-refractivity contribution >= 4 is 17.5 Å². The second-order valence-corrected chi connectivity index (χ2v) is 6.96. The topological polar surface area (TPSA) is 58.2 Å². The summed E-state index contributed by atoms with van der Waals surface area (Å²) >= 11 is 0. The molecule has 0 unspecified atom stereocenters. The molecule has 2 N–H and O–H groups in total. The molecule has 1 aromatic rings. The zero-order valence-corrected chi connectivity index (χ0v) is 14.4. The molecular formula is C18H23F3N2O2. The minimum absolute atomic E-state index is 0.0828. The Morgan fingerprint density at radius 2 is 1.52 bits per heavy atom. The molecule has 0 bridgehead atoms. The second kappa shape index (κ2) is 7.45. The van der Waals surface area contributed by atoms with Crippen molar-refractivity contribution in [3.63, 3.8) is 0 Å². The van der Waals surface area contributed by atoms with Gasteiger partial charge in [-0.3, -0.25) is 9.59 Å². The maximum atomic E-state index is 12.6. The van der Waals surface area contributed by atoms with Crippen molar-refractivity contribution in [3.8, 4) is 0 Å². The molecule has 1 saturated carbocycles. The van der Waals surface area contributed by atoms with Gasteiger partial charge < -0.3 is 10.6 Å². The fourth-order valence-corrected chi connectivity index (χ4v) is 2.75. The molecule has 0 aliphatic heterocycles. The summed E-state index contributed by atoms with van der Waals surface area (Å²) in [4.78, 5) is 24.8. The maximum absolute atomic E-state index is 12.6. The first-order chi connectivity index (χ1) is 11.6. The van der Waals surface area contributed by atoms with Crippen molar-refractivity contribution in [3.05, 3.63) is 29.8 Å². The van der Waals surface area contributed by atoms with Gasteiger partial charge in [0, 0.05) is 11.7 Å². The predicted molar refractivity (Wildman–Crippen MR) is 88.9 cm³/mol. The summed E-state index contributed by atoms with van der Waals surface area (Å²) in [5.74, 6) is -0.927. The number of nitrogens with one attached hydrogen (secondary N) is 2. The molecule has 0 spiro atoms. The van der Waals surface area contributed by atoms with E-state index in [1.54, 1.807) is 0 Å². The van der Waals surface area contributed by atoms with E-state index in [9.17, 15) is 22.8 Å². The Morgan fingerprint density at radius 3 is 2.04 bits per heavy atom. The monoisotopic (exact) mass is 356 g/mol. The first kappa shape index (κ1) is 19.3. The molecule has 0 heterocycles. The van der Waals surface area contributed by atoms with Gasteiger partial charge in [0.2, 0.25) is 11.8 Å². The van der Waals surface area contributed by atoms with Crippen LogP contribution in [-0.2, 0) is 15.8 Å². The number of halogens is 3. The average molecular weight is 356 g/mol. The van der Waals surface area contributed by atoms with E-state index in [4.69, 9.17) is 0 Å². The standard InChI is InChI=1S/C18H23F3N2O2/c1-17(2,15(24)22-13-6-4-3-5-7-13)16(25)23-14-10-8-12(9-11-14)18(19,20)21/h8-11,13H,3-7H2,1-2H3,(H,22,24)(H,23,25). The first-order valence-corrected chi connectivity index (χ1v) is 8.40. The summed E-state index contributed by atoms with van der Waals surface area (Å²) in [5.41, 5.74) is -1.89. The zero-order chi connectivity index (χ0) is 18.7. The third-order valence-electron chi connectivity index (χ3n) is 4.55. The molecule has 0 radical (unpaired) electrons. The zero-order valence-electron chi connectivity index (χ0n) is 14.4. The largest absolute Gasteiger partial charge is 0.416 e.